The number of rotatable bonds is 4. The van der Waals surface area contributed by atoms with E-state index in [1.807, 2.05) is 0 Å². The normalized spacial score (nSPS) is 17.8. The van der Waals surface area contributed by atoms with Crippen LogP contribution in [0.5, 0.6) is 0 Å². The summed E-state index contributed by atoms with van der Waals surface area (Å²) in [6.45, 7) is 5.38. The van der Waals surface area contributed by atoms with Crippen LogP contribution in [0.2, 0.25) is 5.02 Å². The number of nitrogens with one attached hydrogen (secondary N) is 1. The lowest BCUT2D eigenvalue weighted by Crippen LogP contribution is -2.48. The first-order valence-corrected chi connectivity index (χ1v) is 7.22. The number of halogens is 2. The second kappa shape index (κ2) is 6.83. The summed E-state index contributed by atoms with van der Waals surface area (Å²) in [4.78, 5) is 25.8. The zero-order valence-electron chi connectivity index (χ0n) is 12.7. The first kappa shape index (κ1) is 17.0. The molecular formula is C16H16ClFN2O3. The summed E-state index contributed by atoms with van der Waals surface area (Å²) >= 11 is 6.07. The maximum Gasteiger partial charge on any atom is 0.337 e. The Balaban J connectivity index is 2.65. The largest absolute Gasteiger partial charge is 0.466 e. The van der Waals surface area contributed by atoms with Crippen molar-refractivity contribution in [2.75, 3.05) is 13.7 Å². The van der Waals surface area contributed by atoms with Crippen molar-refractivity contribution < 1.29 is 18.7 Å². The Hall–Kier alpha value is -2.34. The van der Waals surface area contributed by atoms with Gasteiger partial charge >= 0.3 is 12.0 Å². The maximum absolute atomic E-state index is 14.2. The Morgan fingerprint density at radius 1 is 1.57 bits per heavy atom. The van der Waals surface area contributed by atoms with Crippen LogP contribution < -0.4 is 5.32 Å². The molecule has 0 saturated carbocycles. The molecule has 0 saturated heterocycles. The number of carbonyl (C=O) groups is 2. The van der Waals surface area contributed by atoms with Gasteiger partial charge in [0, 0.05) is 22.8 Å². The third kappa shape index (κ3) is 3.07. The number of urea groups is 1. The number of carbonyl (C=O) groups excluding carboxylic acids is 2. The highest BCUT2D eigenvalue weighted by Gasteiger charge is 2.37. The fourth-order valence-corrected chi connectivity index (χ4v) is 2.78. The summed E-state index contributed by atoms with van der Waals surface area (Å²) in [6.07, 6.45) is 1.52. The number of nitrogens with zero attached hydrogens (tertiary/aromatic N) is 1. The zero-order valence-corrected chi connectivity index (χ0v) is 13.5. The highest BCUT2D eigenvalue weighted by atomic mass is 35.5. The van der Waals surface area contributed by atoms with E-state index in [1.54, 1.807) is 6.92 Å². The summed E-state index contributed by atoms with van der Waals surface area (Å²) in [7, 11) is 1.22. The van der Waals surface area contributed by atoms with E-state index in [1.165, 1.54) is 36.3 Å². The fraction of sp³-hybridized carbons (Fsp3) is 0.250. The van der Waals surface area contributed by atoms with Gasteiger partial charge in [-0.1, -0.05) is 23.7 Å². The van der Waals surface area contributed by atoms with Crippen molar-refractivity contribution in [3.05, 3.63) is 58.5 Å². The van der Waals surface area contributed by atoms with E-state index < -0.39 is 23.9 Å². The number of amides is 2. The molecule has 2 rings (SSSR count). The average molecular weight is 339 g/mol. The van der Waals surface area contributed by atoms with Crippen LogP contribution in [-0.4, -0.2) is 30.6 Å². The predicted molar refractivity (Wildman–Crippen MR) is 84.3 cm³/mol. The molecule has 0 bridgehead atoms. The van der Waals surface area contributed by atoms with Crippen molar-refractivity contribution in [2.24, 2.45) is 0 Å². The number of methoxy groups -OCH3 is 1. The van der Waals surface area contributed by atoms with Crippen molar-refractivity contribution in [3.8, 4) is 0 Å². The van der Waals surface area contributed by atoms with Gasteiger partial charge in [0.05, 0.1) is 18.7 Å². The first-order chi connectivity index (χ1) is 10.9. The molecule has 1 heterocycles. The van der Waals surface area contributed by atoms with Crippen molar-refractivity contribution in [1.29, 1.82) is 0 Å². The molecule has 1 aliphatic heterocycles. The van der Waals surface area contributed by atoms with Gasteiger partial charge in [-0.3, -0.25) is 4.90 Å². The molecule has 0 aromatic heterocycles. The number of allylic oxidation sites excluding steroid dienone is 1. The maximum atomic E-state index is 14.2. The van der Waals surface area contributed by atoms with Gasteiger partial charge in [0.25, 0.3) is 0 Å². The summed E-state index contributed by atoms with van der Waals surface area (Å²) in [5, 5.41) is 2.71. The molecule has 7 heteroatoms. The SMILES string of the molecule is C=CCN1C(=O)N[C@H](c2c(F)cccc2Cl)C(C(=O)OC)=C1C. The van der Waals surface area contributed by atoms with Crippen LogP contribution in [0.3, 0.4) is 0 Å². The standard InChI is InChI=1S/C16H16ClFN2O3/c1-4-8-20-9(2)12(15(21)23-3)14(19-16(20)22)13-10(17)6-5-7-11(13)18/h4-7,14H,1,8H2,2-3H3,(H,19,22)/t14-/m0/s1. The van der Waals surface area contributed by atoms with Gasteiger partial charge in [0.1, 0.15) is 5.82 Å². The minimum Gasteiger partial charge on any atom is -0.466 e. The predicted octanol–water partition coefficient (Wildman–Crippen LogP) is 3.18. The molecule has 23 heavy (non-hydrogen) atoms. The Kier molecular flexibility index (Phi) is 5.05. The molecule has 5 nitrogen and oxygen atoms in total. The van der Waals surface area contributed by atoms with Crippen molar-refractivity contribution in [1.82, 2.24) is 10.2 Å². The van der Waals surface area contributed by atoms with Crippen molar-refractivity contribution in [2.45, 2.75) is 13.0 Å². The Morgan fingerprint density at radius 2 is 2.26 bits per heavy atom. The number of esters is 1. The van der Waals surface area contributed by atoms with Crippen molar-refractivity contribution >= 4 is 23.6 Å². The van der Waals surface area contributed by atoms with Gasteiger partial charge in [-0.25, -0.2) is 14.0 Å². The van der Waals surface area contributed by atoms with E-state index in [0.29, 0.717) is 5.70 Å². The zero-order chi connectivity index (χ0) is 17.1. The second-order valence-corrected chi connectivity index (χ2v) is 5.31. The van der Waals surface area contributed by atoms with Gasteiger partial charge in [0.2, 0.25) is 0 Å². The molecule has 2 amide bonds. The molecule has 0 spiro atoms. The molecule has 1 aliphatic rings. The smallest absolute Gasteiger partial charge is 0.337 e. The highest BCUT2D eigenvalue weighted by molar-refractivity contribution is 6.31. The van der Waals surface area contributed by atoms with Crippen LogP contribution in [0.1, 0.15) is 18.5 Å². The number of ether oxygens (including phenoxy) is 1. The fourth-order valence-electron chi connectivity index (χ4n) is 2.51. The van der Waals surface area contributed by atoms with E-state index in [0.717, 1.165) is 0 Å². The number of benzene rings is 1. The Bertz CT molecular complexity index is 682. The van der Waals surface area contributed by atoms with E-state index >= 15 is 0 Å². The van der Waals surface area contributed by atoms with Crippen LogP contribution in [0.15, 0.2) is 42.1 Å². The summed E-state index contributed by atoms with van der Waals surface area (Å²) in [6, 6.07) is 2.66. The van der Waals surface area contributed by atoms with Crippen LogP contribution >= 0.6 is 11.6 Å². The lowest BCUT2D eigenvalue weighted by atomic mass is 9.94. The quantitative estimate of drug-likeness (QED) is 0.677. The van der Waals surface area contributed by atoms with Crippen LogP contribution in [0.4, 0.5) is 9.18 Å². The molecule has 0 unspecified atom stereocenters. The van der Waals surface area contributed by atoms with Gasteiger partial charge < -0.3 is 10.1 Å². The van der Waals surface area contributed by atoms with E-state index in [4.69, 9.17) is 16.3 Å². The highest BCUT2D eigenvalue weighted by Crippen LogP contribution is 2.36. The second-order valence-electron chi connectivity index (χ2n) is 4.91. The minimum absolute atomic E-state index is 0.0283. The van der Waals surface area contributed by atoms with Gasteiger partial charge in [-0.2, -0.15) is 0 Å². The first-order valence-electron chi connectivity index (χ1n) is 6.84. The topological polar surface area (TPSA) is 58.6 Å². The number of hydrogen-bond acceptors (Lipinski definition) is 3. The van der Waals surface area contributed by atoms with E-state index in [9.17, 15) is 14.0 Å². The third-order valence-corrected chi connectivity index (χ3v) is 3.93. The Labute approximate surface area is 138 Å². The monoisotopic (exact) mass is 338 g/mol. The van der Waals surface area contributed by atoms with Crippen LogP contribution in [0.25, 0.3) is 0 Å². The molecule has 1 N–H and O–H groups in total. The van der Waals surface area contributed by atoms with Crippen LogP contribution in [0, 0.1) is 5.82 Å². The van der Waals surface area contributed by atoms with Gasteiger partial charge in [-0.15, -0.1) is 6.58 Å². The molecule has 0 fully saturated rings. The molecule has 1 atom stereocenters. The molecule has 0 radical (unpaired) electrons. The van der Waals surface area contributed by atoms with E-state index in [-0.39, 0.29) is 22.7 Å². The third-order valence-electron chi connectivity index (χ3n) is 3.60. The van der Waals surface area contributed by atoms with Gasteiger partial charge in [0.15, 0.2) is 0 Å². The molecule has 0 aliphatic carbocycles. The molecule has 1 aromatic rings. The molecule has 1 aromatic carbocycles. The number of hydrogen-bond donors (Lipinski definition) is 1. The molecular weight excluding hydrogens is 323 g/mol. The average Bonchev–Trinajstić information content (AvgIpc) is 2.50. The lowest BCUT2D eigenvalue weighted by molar-refractivity contribution is -0.136. The van der Waals surface area contributed by atoms with Gasteiger partial charge in [-0.05, 0) is 19.1 Å². The van der Waals surface area contributed by atoms with Crippen LogP contribution in [-0.2, 0) is 9.53 Å². The summed E-state index contributed by atoms with van der Waals surface area (Å²) in [5.74, 6) is -1.28. The summed E-state index contributed by atoms with van der Waals surface area (Å²) in [5.41, 5.74) is 0.520. The lowest BCUT2D eigenvalue weighted by Gasteiger charge is -2.35. The van der Waals surface area contributed by atoms with E-state index in [2.05, 4.69) is 11.9 Å². The molecule has 122 valence electrons. The summed E-state index contributed by atoms with van der Waals surface area (Å²) < 4.78 is 19.0. The Morgan fingerprint density at radius 3 is 2.83 bits per heavy atom. The van der Waals surface area contributed by atoms with Crippen molar-refractivity contribution in [3.63, 3.8) is 0 Å². The minimum atomic E-state index is -1.02.